The third kappa shape index (κ3) is 1.89. The van der Waals surface area contributed by atoms with Crippen molar-refractivity contribution in [3.63, 3.8) is 0 Å². The Morgan fingerprint density at radius 1 is 1.40 bits per heavy atom. The highest BCUT2D eigenvalue weighted by molar-refractivity contribution is 7.97. The van der Waals surface area contributed by atoms with Gasteiger partial charge in [0.05, 0.1) is 10.2 Å². The van der Waals surface area contributed by atoms with E-state index in [4.69, 9.17) is 0 Å². The molecule has 1 aromatic rings. The molecular formula is C8H9SSi. The fraction of sp³-hybridized carbons (Fsp3) is 0.250. The molecule has 2 heteroatoms. The summed E-state index contributed by atoms with van der Waals surface area (Å²) in [5.74, 6) is 1.08. The van der Waals surface area contributed by atoms with Gasteiger partial charge in [-0.2, -0.15) is 11.8 Å². The number of rotatable bonds is 2. The minimum absolute atomic E-state index is 1.08. The smallest absolute Gasteiger partial charge is 0.0716 e. The standard InChI is InChI=1S/C8H9SSi/c1-9-6-7-4-2-3-5-8(7)10/h2-5H,6H2,1H3. The van der Waals surface area contributed by atoms with E-state index >= 15 is 0 Å². The van der Waals surface area contributed by atoms with Crippen LogP contribution in [0.4, 0.5) is 0 Å². The molecule has 1 aromatic carbocycles. The summed E-state index contributed by atoms with van der Waals surface area (Å²) in [6, 6.07) is 8.31. The summed E-state index contributed by atoms with van der Waals surface area (Å²) < 4.78 is 0. The molecule has 0 aliphatic heterocycles. The quantitative estimate of drug-likeness (QED) is 0.596. The molecule has 0 N–H and O–H groups in total. The summed E-state index contributed by atoms with van der Waals surface area (Å²) >= 11 is 1.84. The van der Waals surface area contributed by atoms with Crippen LogP contribution in [-0.2, 0) is 5.75 Å². The van der Waals surface area contributed by atoms with Crippen LogP contribution in [0.25, 0.3) is 0 Å². The van der Waals surface area contributed by atoms with Gasteiger partial charge in [-0.15, -0.1) is 0 Å². The second-order valence-corrected chi connectivity index (χ2v) is 3.49. The van der Waals surface area contributed by atoms with Gasteiger partial charge in [-0.25, -0.2) is 0 Å². The molecule has 0 unspecified atom stereocenters. The molecule has 0 spiro atoms. The Hall–Kier alpha value is -0.213. The predicted molar refractivity (Wildman–Crippen MR) is 49.0 cm³/mol. The van der Waals surface area contributed by atoms with Gasteiger partial charge in [0.15, 0.2) is 0 Å². The maximum Gasteiger partial charge on any atom is 0.0716 e. The van der Waals surface area contributed by atoms with Crippen molar-refractivity contribution in [3.8, 4) is 0 Å². The van der Waals surface area contributed by atoms with Crippen LogP contribution in [0.5, 0.6) is 0 Å². The van der Waals surface area contributed by atoms with E-state index in [1.165, 1.54) is 10.8 Å². The zero-order valence-corrected chi connectivity index (χ0v) is 7.74. The third-order valence-electron chi connectivity index (χ3n) is 1.32. The van der Waals surface area contributed by atoms with Crippen molar-refractivity contribution < 1.29 is 0 Å². The van der Waals surface area contributed by atoms with Gasteiger partial charge in [0.2, 0.25) is 0 Å². The fourth-order valence-electron chi connectivity index (χ4n) is 0.802. The first kappa shape index (κ1) is 7.89. The molecular weight excluding hydrogens is 156 g/mol. The van der Waals surface area contributed by atoms with Crippen molar-refractivity contribution in [3.05, 3.63) is 29.8 Å². The van der Waals surface area contributed by atoms with Crippen molar-refractivity contribution in [2.24, 2.45) is 0 Å². The Morgan fingerprint density at radius 2 is 2.10 bits per heavy atom. The summed E-state index contributed by atoms with van der Waals surface area (Å²) in [4.78, 5) is 0. The molecule has 51 valence electrons. The molecule has 0 bridgehead atoms. The van der Waals surface area contributed by atoms with Gasteiger partial charge in [-0.3, -0.25) is 0 Å². The molecule has 0 fully saturated rings. The lowest BCUT2D eigenvalue weighted by Crippen LogP contribution is -2.07. The Morgan fingerprint density at radius 3 is 2.70 bits per heavy atom. The van der Waals surface area contributed by atoms with Crippen LogP contribution in [0, 0.1) is 0 Å². The van der Waals surface area contributed by atoms with Crippen LogP contribution in [0.2, 0.25) is 0 Å². The molecule has 0 saturated heterocycles. The van der Waals surface area contributed by atoms with Crippen molar-refractivity contribution in [2.45, 2.75) is 5.75 Å². The Balaban J connectivity index is 2.81. The molecule has 10 heavy (non-hydrogen) atoms. The van der Waals surface area contributed by atoms with Crippen LogP contribution in [0.15, 0.2) is 24.3 Å². The van der Waals surface area contributed by atoms with Crippen molar-refractivity contribution >= 4 is 27.2 Å². The predicted octanol–water partition coefficient (Wildman–Crippen LogP) is 1.34. The van der Waals surface area contributed by atoms with Crippen molar-refractivity contribution in [1.82, 2.24) is 0 Å². The lowest BCUT2D eigenvalue weighted by Gasteiger charge is -2.00. The van der Waals surface area contributed by atoms with Gasteiger partial charge in [-0.1, -0.05) is 29.5 Å². The van der Waals surface area contributed by atoms with E-state index in [-0.39, 0.29) is 0 Å². The van der Waals surface area contributed by atoms with Gasteiger partial charge in [-0.05, 0) is 11.8 Å². The van der Waals surface area contributed by atoms with Crippen LogP contribution in [-0.4, -0.2) is 16.5 Å². The van der Waals surface area contributed by atoms with Crippen LogP contribution < -0.4 is 5.19 Å². The second kappa shape index (κ2) is 3.83. The SMILES string of the molecule is CSCc1ccccc1[Si]. The van der Waals surface area contributed by atoms with E-state index in [0.717, 1.165) is 5.75 Å². The molecule has 1 rings (SSSR count). The monoisotopic (exact) mass is 165 g/mol. The van der Waals surface area contributed by atoms with Crippen molar-refractivity contribution in [2.75, 3.05) is 6.26 Å². The highest BCUT2D eigenvalue weighted by atomic mass is 32.2. The number of thioether (sulfide) groups is 1. The maximum absolute atomic E-state index is 3.53. The van der Waals surface area contributed by atoms with E-state index < -0.39 is 0 Å². The number of hydrogen-bond donors (Lipinski definition) is 0. The Bertz CT molecular complexity index is 210. The summed E-state index contributed by atoms with van der Waals surface area (Å²) in [6.07, 6.45) is 2.11. The molecule has 0 atom stereocenters. The summed E-state index contributed by atoms with van der Waals surface area (Å²) in [6.45, 7) is 0. The average Bonchev–Trinajstić information content (AvgIpc) is 1.94. The summed E-state index contributed by atoms with van der Waals surface area (Å²) in [5.41, 5.74) is 1.37. The van der Waals surface area contributed by atoms with Gasteiger partial charge >= 0.3 is 0 Å². The molecule has 0 saturated carbocycles. The fourth-order valence-corrected chi connectivity index (χ4v) is 1.76. The third-order valence-corrected chi connectivity index (χ3v) is 2.40. The molecule has 0 aliphatic carbocycles. The zero-order valence-electron chi connectivity index (χ0n) is 5.92. The molecule has 0 amide bonds. The largest absolute Gasteiger partial charge is 0.161 e. The average molecular weight is 165 g/mol. The maximum atomic E-state index is 3.53. The van der Waals surface area contributed by atoms with E-state index in [2.05, 4.69) is 34.7 Å². The van der Waals surface area contributed by atoms with E-state index in [9.17, 15) is 0 Å². The number of benzene rings is 1. The lowest BCUT2D eigenvalue weighted by molar-refractivity contribution is 1.46. The Kier molecular flexibility index (Phi) is 3.03. The van der Waals surface area contributed by atoms with Gasteiger partial charge in [0, 0.05) is 5.75 Å². The minimum Gasteiger partial charge on any atom is -0.161 e. The van der Waals surface area contributed by atoms with E-state index in [1.807, 2.05) is 17.8 Å². The summed E-state index contributed by atoms with van der Waals surface area (Å²) in [5, 5.41) is 1.21. The first-order valence-electron chi connectivity index (χ1n) is 3.13. The highest BCUT2D eigenvalue weighted by Crippen LogP contribution is 2.04. The molecule has 0 aromatic heterocycles. The topological polar surface area (TPSA) is 0 Å². The first-order chi connectivity index (χ1) is 4.84. The molecule has 0 heterocycles. The van der Waals surface area contributed by atoms with Crippen LogP contribution in [0.3, 0.4) is 0 Å². The van der Waals surface area contributed by atoms with E-state index in [1.54, 1.807) is 0 Å². The normalized spacial score (nSPS) is 9.80. The van der Waals surface area contributed by atoms with Crippen molar-refractivity contribution in [1.29, 1.82) is 0 Å². The van der Waals surface area contributed by atoms with Gasteiger partial charge in [0.1, 0.15) is 0 Å². The van der Waals surface area contributed by atoms with E-state index in [0.29, 0.717) is 0 Å². The van der Waals surface area contributed by atoms with Gasteiger partial charge in [0.25, 0.3) is 0 Å². The Labute approximate surface area is 69.5 Å². The van der Waals surface area contributed by atoms with Crippen LogP contribution >= 0.6 is 11.8 Å². The van der Waals surface area contributed by atoms with Gasteiger partial charge < -0.3 is 0 Å². The molecule has 3 radical (unpaired) electrons. The summed E-state index contributed by atoms with van der Waals surface area (Å²) in [7, 11) is 3.53. The number of hydrogen-bond acceptors (Lipinski definition) is 1. The lowest BCUT2D eigenvalue weighted by atomic mass is 10.2. The minimum atomic E-state index is 1.08. The molecule has 0 aliphatic rings. The van der Waals surface area contributed by atoms with Crippen LogP contribution in [0.1, 0.15) is 5.56 Å². The first-order valence-corrected chi connectivity index (χ1v) is 5.02. The zero-order chi connectivity index (χ0) is 7.40. The second-order valence-electron chi connectivity index (χ2n) is 2.09. The molecule has 0 nitrogen and oxygen atoms in total. The highest BCUT2D eigenvalue weighted by Gasteiger charge is 1.92.